The van der Waals surface area contributed by atoms with E-state index in [2.05, 4.69) is 15.0 Å². The topological polar surface area (TPSA) is 54.8 Å². The van der Waals surface area contributed by atoms with Crippen molar-refractivity contribution in [2.75, 3.05) is 14.1 Å². The molecule has 1 rings (SSSR count). The summed E-state index contributed by atoms with van der Waals surface area (Å²) in [5.74, 6) is 0. The molecule has 0 N–H and O–H groups in total. The summed E-state index contributed by atoms with van der Waals surface area (Å²) in [6.45, 7) is 0. The molecule has 0 aliphatic heterocycles. The molecule has 0 radical (unpaired) electrons. The van der Waals surface area contributed by atoms with Gasteiger partial charge in [0.05, 0.1) is 6.21 Å². The molecule has 0 bridgehead atoms. The van der Waals surface area contributed by atoms with E-state index in [0.717, 1.165) is 5.56 Å². The second-order valence-electron chi connectivity index (χ2n) is 2.77. The predicted molar refractivity (Wildman–Crippen MR) is 52.0 cm³/mol. The molecule has 5 nitrogen and oxygen atoms in total. The first-order valence-electron chi connectivity index (χ1n) is 4.02. The van der Waals surface area contributed by atoms with Crippen molar-refractivity contribution in [1.29, 1.82) is 0 Å². The first-order chi connectivity index (χ1) is 6.70. The fraction of sp³-hybridized carbons (Fsp3) is 0.222. The van der Waals surface area contributed by atoms with Crippen molar-refractivity contribution in [2.45, 2.75) is 0 Å². The summed E-state index contributed by atoms with van der Waals surface area (Å²) in [6, 6.07) is 3.58. The monoisotopic (exact) mass is 193 g/mol. The van der Waals surface area contributed by atoms with Crippen LogP contribution in [0.25, 0.3) is 0 Å². The van der Waals surface area contributed by atoms with Gasteiger partial charge in [0.1, 0.15) is 0 Å². The number of rotatable bonds is 2. The van der Waals surface area contributed by atoms with Gasteiger partial charge in [0.2, 0.25) is 0 Å². The Morgan fingerprint density at radius 3 is 3.00 bits per heavy atom. The SMILES string of the molecule is CN(C)C(=O)O/N=C/c1cccnc1. The van der Waals surface area contributed by atoms with Gasteiger partial charge in [0.15, 0.2) is 0 Å². The predicted octanol–water partition coefficient (Wildman–Crippen LogP) is 1.11. The molecule has 5 heteroatoms. The van der Waals surface area contributed by atoms with Gasteiger partial charge in [0, 0.05) is 32.1 Å². The van der Waals surface area contributed by atoms with Gasteiger partial charge < -0.3 is 4.90 Å². The smallest absolute Gasteiger partial charge is 0.312 e. The summed E-state index contributed by atoms with van der Waals surface area (Å²) in [6.07, 6.45) is 4.19. The summed E-state index contributed by atoms with van der Waals surface area (Å²) in [7, 11) is 3.17. The molecule has 0 spiro atoms. The zero-order valence-electron chi connectivity index (χ0n) is 8.04. The van der Waals surface area contributed by atoms with Crippen molar-refractivity contribution in [1.82, 2.24) is 9.88 Å². The van der Waals surface area contributed by atoms with Gasteiger partial charge in [-0.05, 0) is 6.07 Å². The molecule has 0 aromatic carbocycles. The van der Waals surface area contributed by atoms with Crippen LogP contribution < -0.4 is 0 Å². The van der Waals surface area contributed by atoms with Gasteiger partial charge >= 0.3 is 6.09 Å². The fourth-order valence-electron chi connectivity index (χ4n) is 0.666. The Morgan fingerprint density at radius 2 is 2.43 bits per heavy atom. The molecule has 1 heterocycles. The molecule has 0 atom stereocenters. The third kappa shape index (κ3) is 3.22. The fourth-order valence-corrected chi connectivity index (χ4v) is 0.666. The molecule has 1 aromatic heterocycles. The Bertz CT molecular complexity index is 322. The van der Waals surface area contributed by atoms with Gasteiger partial charge in [-0.3, -0.25) is 9.82 Å². The zero-order chi connectivity index (χ0) is 10.4. The summed E-state index contributed by atoms with van der Waals surface area (Å²) in [5, 5.41) is 3.51. The van der Waals surface area contributed by atoms with Gasteiger partial charge in [-0.15, -0.1) is 0 Å². The van der Waals surface area contributed by atoms with Crippen LogP contribution in [0.2, 0.25) is 0 Å². The molecule has 0 fully saturated rings. The third-order valence-corrected chi connectivity index (χ3v) is 1.38. The number of pyridine rings is 1. The number of hydrogen-bond donors (Lipinski definition) is 0. The quantitative estimate of drug-likeness (QED) is 0.401. The number of carbonyl (C=O) groups excluding carboxylic acids is 1. The maximum atomic E-state index is 10.9. The van der Waals surface area contributed by atoms with E-state index in [4.69, 9.17) is 0 Å². The minimum absolute atomic E-state index is 0.509. The van der Waals surface area contributed by atoms with E-state index < -0.39 is 6.09 Å². The van der Waals surface area contributed by atoms with Crippen LogP contribution in [0.1, 0.15) is 5.56 Å². The van der Waals surface area contributed by atoms with Crippen LogP contribution in [-0.4, -0.2) is 36.3 Å². The minimum atomic E-state index is -0.509. The van der Waals surface area contributed by atoms with Crippen LogP contribution in [-0.2, 0) is 4.84 Å². The van der Waals surface area contributed by atoms with Crippen LogP contribution in [0.4, 0.5) is 4.79 Å². The summed E-state index contributed by atoms with van der Waals surface area (Å²) >= 11 is 0. The Labute approximate surface area is 82.0 Å². The van der Waals surface area contributed by atoms with E-state index in [1.54, 1.807) is 38.6 Å². The largest absolute Gasteiger partial charge is 0.435 e. The molecular formula is C9H11N3O2. The van der Waals surface area contributed by atoms with E-state index in [-0.39, 0.29) is 0 Å². The van der Waals surface area contributed by atoms with Crippen molar-refractivity contribution in [2.24, 2.45) is 5.16 Å². The number of carbonyl (C=O) groups is 1. The Morgan fingerprint density at radius 1 is 1.64 bits per heavy atom. The molecule has 0 aliphatic carbocycles. The average molecular weight is 193 g/mol. The molecule has 1 amide bonds. The maximum absolute atomic E-state index is 10.9. The normalized spacial score (nSPS) is 10.1. The van der Waals surface area contributed by atoms with Gasteiger partial charge in [-0.25, -0.2) is 4.79 Å². The minimum Gasteiger partial charge on any atom is -0.312 e. The van der Waals surface area contributed by atoms with E-state index >= 15 is 0 Å². The second kappa shape index (κ2) is 4.96. The van der Waals surface area contributed by atoms with Gasteiger partial charge in [-0.2, -0.15) is 0 Å². The summed E-state index contributed by atoms with van der Waals surface area (Å²) in [5.41, 5.74) is 0.777. The number of oxime groups is 1. The van der Waals surface area contributed by atoms with E-state index in [1.165, 1.54) is 11.1 Å². The highest BCUT2D eigenvalue weighted by molar-refractivity contribution is 5.79. The van der Waals surface area contributed by atoms with Gasteiger partial charge in [-0.1, -0.05) is 11.2 Å². The van der Waals surface area contributed by atoms with Crippen molar-refractivity contribution in [3.63, 3.8) is 0 Å². The molecule has 0 saturated heterocycles. The van der Waals surface area contributed by atoms with Crippen LogP contribution >= 0.6 is 0 Å². The standard InChI is InChI=1S/C9H11N3O2/c1-12(2)9(13)14-11-7-8-4-3-5-10-6-8/h3-7H,1-2H3/b11-7+. The van der Waals surface area contributed by atoms with Crippen molar-refractivity contribution in [3.8, 4) is 0 Å². The molecule has 0 aliphatic rings. The first kappa shape index (κ1) is 10.2. The van der Waals surface area contributed by atoms with E-state index in [9.17, 15) is 4.79 Å². The molecule has 1 aromatic rings. The van der Waals surface area contributed by atoms with Crippen LogP contribution in [0, 0.1) is 0 Å². The lowest BCUT2D eigenvalue weighted by Gasteiger charge is -2.05. The highest BCUT2D eigenvalue weighted by atomic mass is 16.7. The molecule has 0 unspecified atom stereocenters. The molecular weight excluding hydrogens is 182 g/mol. The van der Waals surface area contributed by atoms with Crippen LogP contribution in [0.15, 0.2) is 29.7 Å². The Balaban J connectivity index is 2.46. The first-order valence-corrected chi connectivity index (χ1v) is 4.02. The van der Waals surface area contributed by atoms with Crippen molar-refractivity contribution >= 4 is 12.3 Å². The number of nitrogens with zero attached hydrogens (tertiary/aromatic N) is 3. The summed E-state index contributed by atoms with van der Waals surface area (Å²) in [4.78, 5) is 20.6. The average Bonchev–Trinajstić information content (AvgIpc) is 2.19. The lowest BCUT2D eigenvalue weighted by atomic mass is 10.3. The highest BCUT2D eigenvalue weighted by Gasteiger charge is 2.01. The van der Waals surface area contributed by atoms with Crippen LogP contribution in [0.5, 0.6) is 0 Å². The Kier molecular flexibility index (Phi) is 3.60. The molecule has 0 saturated carbocycles. The number of aromatic nitrogens is 1. The molecule has 74 valence electrons. The second-order valence-corrected chi connectivity index (χ2v) is 2.77. The zero-order valence-corrected chi connectivity index (χ0v) is 8.04. The highest BCUT2D eigenvalue weighted by Crippen LogP contribution is 1.92. The summed E-state index contributed by atoms with van der Waals surface area (Å²) < 4.78 is 0. The number of amides is 1. The molecule has 14 heavy (non-hydrogen) atoms. The maximum Gasteiger partial charge on any atom is 0.435 e. The van der Waals surface area contributed by atoms with Crippen molar-refractivity contribution in [3.05, 3.63) is 30.1 Å². The van der Waals surface area contributed by atoms with Gasteiger partial charge in [0.25, 0.3) is 0 Å². The van der Waals surface area contributed by atoms with Crippen LogP contribution in [0.3, 0.4) is 0 Å². The number of hydrogen-bond acceptors (Lipinski definition) is 4. The van der Waals surface area contributed by atoms with E-state index in [0.29, 0.717) is 0 Å². The lowest BCUT2D eigenvalue weighted by Crippen LogP contribution is -2.20. The van der Waals surface area contributed by atoms with E-state index in [1.807, 2.05) is 0 Å². The lowest BCUT2D eigenvalue weighted by molar-refractivity contribution is 0.123. The van der Waals surface area contributed by atoms with Crippen molar-refractivity contribution < 1.29 is 9.63 Å². The Hall–Kier alpha value is -1.91. The third-order valence-electron chi connectivity index (χ3n) is 1.38.